The van der Waals surface area contributed by atoms with Crippen molar-refractivity contribution >= 4 is 12.2 Å². The third kappa shape index (κ3) is 1.66. The van der Waals surface area contributed by atoms with Crippen LogP contribution in [0.3, 0.4) is 0 Å². The third-order valence-electron chi connectivity index (χ3n) is 6.10. The standard InChI is InChI=1S/C17H27B/c1-9-10(2)14(6)17-16(12(9)4)13(5)11(3)15(7)18(17)8/h11,13,15H,1-8H3. The van der Waals surface area contributed by atoms with Gasteiger partial charge in [-0.15, -0.1) is 0 Å². The van der Waals surface area contributed by atoms with Crippen molar-refractivity contribution < 1.29 is 0 Å². The smallest absolute Gasteiger partial charge is 0.0814 e. The van der Waals surface area contributed by atoms with Crippen LogP contribution in [-0.4, -0.2) is 6.71 Å². The summed E-state index contributed by atoms with van der Waals surface area (Å²) in [4.78, 5) is 0. The van der Waals surface area contributed by atoms with Crippen molar-refractivity contribution in [2.45, 2.75) is 67.0 Å². The third-order valence-corrected chi connectivity index (χ3v) is 6.10. The summed E-state index contributed by atoms with van der Waals surface area (Å²) in [7, 11) is 0. The molecule has 0 nitrogen and oxygen atoms in total. The van der Waals surface area contributed by atoms with Gasteiger partial charge in [-0.25, -0.2) is 0 Å². The molecule has 1 heterocycles. The molecule has 0 aliphatic carbocycles. The van der Waals surface area contributed by atoms with Gasteiger partial charge in [-0.3, -0.25) is 0 Å². The molecule has 0 spiro atoms. The van der Waals surface area contributed by atoms with Gasteiger partial charge in [0.2, 0.25) is 0 Å². The van der Waals surface area contributed by atoms with Gasteiger partial charge < -0.3 is 0 Å². The van der Waals surface area contributed by atoms with E-state index in [0.29, 0.717) is 12.6 Å². The van der Waals surface area contributed by atoms with Gasteiger partial charge in [0.15, 0.2) is 6.71 Å². The highest BCUT2D eigenvalue weighted by Crippen LogP contribution is 2.41. The molecule has 0 bridgehead atoms. The average Bonchev–Trinajstić information content (AvgIpc) is 2.35. The molecule has 98 valence electrons. The highest BCUT2D eigenvalue weighted by molar-refractivity contribution is 6.74. The molecule has 1 aliphatic heterocycles. The fraction of sp³-hybridized carbons (Fsp3) is 0.647. The molecular weight excluding hydrogens is 215 g/mol. The number of fused-ring (bicyclic) bond motifs is 1. The summed E-state index contributed by atoms with van der Waals surface area (Å²) in [5.74, 6) is 2.27. The molecule has 1 aromatic rings. The zero-order valence-corrected chi connectivity index (χ0v) is 13.3. The Morgan fingerprint density at radius 3 is 1.83 bits per heavy atom. The number of rotatable bonds is 0. The van der Waals surface area contributed by atoms with Gasteiger partial charge in [-0.2, -0.15) is 0 Å². The summed E-state index contributed by atoms with van der Waals surface area (Å²) in [5, 5.41) is 0. The van der Waals surface area contributed by atoms with E-state index >= 15 is 0 Å². The van der Waals surface area contributed by atoms with Gasteiger partial charge in [-0.1, -0.05) is 44.4 Å². The van der Waals surface area contributed by atoms with Crippen LogP contribution < -0.4 is 5.46 Å². The Bertz CT molecular complexity index is 442. The second kappa shape index (κ2) is 4.44. The lowest BCUT2D eigenvalue weighted by Gasteiger charge is -2.40. The van der Waals surface area contributed by atoms with Crippen molar-refractivity contribution in [1.82, 2.24) is 0 Å². The molecule has 2 rings (SSSR count). The summed E-state index contributed by atoms with van der Waals surface area (Å²) in [6.45, 7) is 19.6. The Morgan fingerprint density at radius 1 is 0.778 bits per heavy atom. The van der Waals surface area contributed by atoms with Gasteiger partial charge in [0, 0.05) is 0 Å². The highest BCUT2D eigenvalue weighted by Gasteiger charge is 2.38. The van der Waals surface area contributed by atoms with Crippen LogP contribution in [0.1, 0.15) is 54.5 Å². The molecule has 0 saturated carbocycles. The topological polar surface area (TPSA) is 0 Å². The van der Waals surface area contributed by atoms with Crippen LogP contribution in [0.4, 0.5) is 0 Å². The van der Waals surface area contributed by atoms with E-state index in [1.165, 1.54) is 11.1 Å². The molecule has 0 amide bonds. The number of hydrogen-bond acceptors (Lipinski definition) is 0. The van der Waals surface area contributed by atoms with Gasteiger partial charge >= 0.3 is 0 Å². The van der Waals surface area contributed by atoms with Crippen LogP contribution >= 0.6 is 0 Å². The van der Waals surface area contributed by atoms with E-state index in [9.17, 15) is 0 Å². The van der Waals surface area contributed by atoms with Crippen LogP contribution in [0, 0.1) is 33.6 Å². The monoisotopic (exact) mass is 242 g/mol. The Labute approximate surface area is 113 Å². The van der Waals surface area contributed by atoms with Crippen LogP contribution in [0.5, 0.6) is 0 Å². The lowest BCUT2D eigenvalue weighted by atomic mass is 9.31. The van der Waals surface area contributed by atoms with E-state index in [-0.39, 0.29) is 0 Å². The summed E-state index contributed by atoms with van der Waals surface area (Å²) in [6.07, 6.45) is 0. The summed E-state index contributed by atoms with van der Waals surface area (Å²) in [5.41, 5.74) is 9.43. The first-order valence-corrected chi connectivity index (χ1v) is 7.39. The summed E-state index contributed by atoms with van der Waals surface area (Å²) in [6, 6.07) is 0. The summed E-state index contributed by atoms with van der Waals surface area (Å²) >= 11 is 0. The van der Waals surface area contributed by atoms with Gasteiger partial charge in [0.25, 0.3) is 0 Å². The predicted octanol–water partition coefficient (Wildman–Crippen LogP) is 4.40. The fourth-order valence-corrected chi connectivity index (χ4v) is 3.98. The first-order chi connectivity index (χ1) is 8.29. The largest absolute Gasteiger partial charge is 0.176 e. The van der Waals surface area contributed by atoms with E-state index in [2.05, 4.69) is 55.3 Å². The molecular formula is C17H27B. The van der Waals surface area contributed by atoms with Crippen molar-refractivity contribution in [3.05, 3.63) is 27.8 Å². The zero-order valence-electron chi connectivity index (χ0n) is 13.3. The molecule has 1 aromatic carbocycles. The average molecular weight is 242 g/mol. The van der Waals surface area contributed by atoms with Crippen molar-refractivity contribution in [3.63, 3.8) is 0 Å². The maximum Gasteiger partial charge on any atom is 0.176 e. The van der Waals surface area contributed by atoms with E-state index < -0.39 is 0 Å². The molecule has 0 saturated heterocycles. The highest BCUT2D eigenvalue weighted by atomic mass is 14.3. The first kappa shape index (κ1) is 13.7. The Balaban J connectivity index is 2.80. The van der Waals surface area contributed by atoms with Crippen LogP contribution in [0.15, 0.2) is 0 Å². The zero-order chi connectivity index (χ0) is 13.8. The lowest BCUT2D eigenvalue weighted by Crippen LogP contribution is -2.45. The van der Waals surface area contributed by atoms with Crippen LogP contribution in [0.25, 0.3) is 0 Å². The molecule has 0 N–H and O–H groups in total. The Kier molecular flexibility index (Phi) is 3.38. The van der Waals surface area contributed by atoms with Crippen LogP contribution in [-0.2, 0) is 0 Å². The Hall–Kier alpha value is -0.715. The van der Waals surface area contributed by atoms with Gasteiger partial charge in [0.05, 0.1) is 0 Å². The predicted molar refractivity (Wildman–Crippen MR) is 83.6 cm³/mol. The van der Waals surface area contributed by atoms with E-state index in [0.717, 1.165) is 11.7 Å². The van der Waals surface area contributed by atoms with Crippen molar-refractivity contribution in [2.75, 3.05) is 0 Å². The lowest BCUT2D eigenvalue weighted by molar-refractivity contribution is 0.459. The van der Waals surface area contributed by atoms with Crippen molar-refractivity contribution in [3.8, 4) is 0 Å². The second-order valence-corrected chi connectivity index (χ2v) is 6.62. The second-order valence-electron chi connectivity index (χ2n) is 6.62. The molecule has 0 fully saturated rings. The van der Waals surface area contributed by atoms with E-state index in [4.69, 9.17) is 0 Å². The molecule has 3 unspecified atom stereocenters. The van der Waals surface area contributed by atoms with E-state index in [1.807, 2.05) is 0 Å². The quantitative estimate of drug-likeness (QED) is 0.592. The Morgan fingerprint density at radius 2 is 1.28 bits per heavy atom. The molecule has 3 atom stereocenters. The van der Waals surface area contributed by atoms with Crippen molar-refractivity contribution in [2.24, 2.45) is 5.92 Å². The molecule has 0 radical (unpaired) electrons. The molecule has 1 heteroatoms. The summed E-state index contributed by atoms with van der Waals surface area (Å²) < 4.78 is 0. The minimum absolute atomic E-state index is 0.698. The van der Waals surface area contributed by atoms with Gasteiger partial charge in [-0.05, 0) is 61.8 Å². The fourth-order valence-electron chi connectivity index (χ4n) is 3.98. The molecule has 0 aromatic heterocycles. The number of hydrogen-bond donors (Lipinski definition) is 0. The first-order valence-electron chi connectivity index (χ1n) is 7.39. The SMILES string of the molecule is CB1c2c(C)c(C)c(C)c(C)c2C(C)C(C)C1C. The maximum absolute atomic E-state index is 2.43. The number of benzene rings is 1. The normalized spacial score (nSPS) is 27.3. The van der Waals surface area contributed by atoms with E-state index in [1.54, 1.807) is 22.2 Å². The molecule has 1 aliphatic rings. The van der Waals surface area contributed by atoms with Crippen LogP contribution in [0.2, 0.25) is 12.6 Å². The van der Waals surface area contributed by atoms with Crippen molar-refractivity contribution in [1.29, 1.82) is 0 Å². The molecule has 18 heavy (non-hydrogen) atoms. The minimum Gasteiger partial charge on any atom is -0.0814 e. The minimum atomic E-state index is 0.698. The maximum atomic E-state index is 2.43. The van der Waals surface area contributed by atoms with Gasteiger partial charge in [0.1, 0.15) is 0 Å².